The molecule has 94 valence electrons. The smallest absolute Gasteiger partial charge is 0.121 e. The van der Waals surface area contributed by atoms with E-state index in [2.05, 4.69) is 36.6 Å². The molecular weight excluding hydrogens is 224 g/mol. The van der Waals surface area contributed by atoms with Gasteiger partial charge in [0, 0.05) is 6.20 Å². The Morgan fingerprint density at radius 2 is 2.28 bits per heavy atom. The molecule has 0 radical (unpaired) electrons. The minimum atomic E-state index is 0.0864. The molecule has 2 aliphatic heterocycles. The Kier molecular flexibility index (Phi) is 1.97. The van der Waals surface area contributed by atoms with Crippen LogP contribution in [-0.4, -0.2) is 21.6 Å². The fourth-order valence-corrected chi connectivity index (χ4v) is 3.68. The highest BCUT2D eigenvalue weighted by Crippen LogP contribution is 2.48. The summed E-state index contributed by atoms with van der Waals surface area (Å²) in [5.74, 6) is 1.17. The van der Waals surface area contributed by atoms with Gasteiger partial charge in [-0.25, -0.2) is 4.98 Å². The number of hydrogen-bond donors (Lipinski definition) is 0. The second-order valence-electron chi connectivity index (χ2n) is 6.03. The third-order valence-electron chi connectivity index (χ3n) is 4.66. The van der Waals surface area contributed by atoms with E-state index in [0.717, 1.165) is 6.42 Å². The summed E-state index contributed by atoms with van der Waals surface area (Å²) >= 11 is 0. The fourth-order valence-electron chi connectivity index (χ4n) is 3.68. The van der Waals surface area contributed by atoms with E-state index >= 15 is 0 Å². The maximum Gasteiger partial charge on any atom is 0.121 e. The van der Waals surface area contributed by atoms with Crippen molar-refractivity contribution in [2.24, 2.45) is 0 Å². The number of pyridine rings is 1. The predicted octanol–water partition coefficient (Wildman–Crippen LogP) is 2.85. The van der Waals surface area contributed by atoms with E-state index < -0.39 is 0 Å². The average Bonchev–Trinajstić information content (AvgIpc) is 3.00. The summed E-state index contributed by atoms with van der Waals surface area (Å²) in [5.41, 5.74) is 2.54. The molecule has 3 heteroatoms. The minimum absolute atomic E-state index is 0.0864. The van der Waals surface area contributed by atoms with Crippen LogP contribution in [0.2, 0.25) is 0 Å². The van der Waals surface area contributed by atoms with Gasteiger partial charge in [0.1, 0.15) is 5.82 Å². The quantitative estimate of drug-likeness (QED) is 0.768. The molecule has 0 amide bonds. The Balaban J connectivity index is 1.90. The van der Waals surface area contributed by atoms with Gasteiger partial charge in [0.2, 0.25) is 0 Å². The number of fused-ring (bicyclic) bond motifs is 3. The van der Waals surface area contributed by atoms with Crippen LogP contribution in [-0.2, 0) is 10.2 Å². The number of nitrogens with zero attached hydrogens (tertiary/aromatic N) is 2. The van der Waals surface area contributed by atoms with Crippen molar-refractivity contribution < 1.29 is 4.74 Å². The van der Waals surface area contributed by atoms with E-state index in [1.165, 1.54) is 29.7 Å². The maximum absolute atomic E-state index is 6.04. The molecule has 0 N–H and O–H groups in total. The van der Waals surface area contributed by atoms with Crippen LogP contribution in [0.1, 0.15) is 37.6 Å². The van der Waals surface area contributed by atoms with E-state index in [-0.39, 0.29) is 5.41 Å². The molecule has 2 saturated heterocycles. The number of hydrogen-bond acceptors (Lipinski definition) is 2. The summed E-state index contributed by atoms with van der Waals surface area (Å²) in [6, 6.07) is 4.28. The summed E-state index contributed by atoms with van der Waals surface area (Å²) in [5, 5.41) is 0. The van der Waals surface area contributed by atoms with Gasteiger partial charge in [-0.15, -0.1) is 0 Å². The molecule has 0 aromatic carbocycles. The van der Waals surface area contributed by atoms with Crippen LogP contribution >= 0.6 is 0 Å². The average molecular weight is 242 g/mol. The molecule has 2 aliphatic rings. The fraction of sp³-hybridized carbons (Fsp3) is 0.533. The molecule has 2 bridgehead atoms. The van der Waals surface area contributed by atoms with Gasteiger partial charge < -0.3 is 9.14 Å². The molecule has 4 rings (SSSR count). The summed E-state index contributed by atoms with van der Waals surface area (Å²) in [6.45, 7) is 4.44. The molecule has 2 aromatic rings. The van der Waals surface area contributed by atoms with Crippen molar-refractivity contribution in [1.29, 1.82) is 0 Å². The van der Waals surface area contributed by atoms with Crippen LogP contribution < -0.4 is 0 Å². The van der Waals surface area contributed by atoms with Crippen molar-refractivity contribution in [3.05, 3.63) is 35.9 Å². The van der Waals surface area contributed by atoms with E-state index in [0.29, 0.717) is 12.2 Å². The van der Waals surface area contributed by atoms with E-state index in [1.54, 1.807) is 0 Å². The summed E-state index contributed by atoms with van der Waals surface area (Å²) in [6.07, 6.45) is 8.50. The molecule has 0 saturated carbocycles. The second kappa shape index (κ2) is 3.35. The van der Waals surface area contributed by atoms with Crippen molar-refractivity contribution in [2.45, 2.75) is 50.7 Å². The normalized spacial score (nSPS) is 34.6. The van der Waals surface area contributed by atoms with Gasteiger partial charge in [-0.05, 0) is 44.7 Å². The Morgan fingerprint density at radius 3 is 3.00 bits per heavy atom. The molecule has 18 heavy (non-hydrogen) atoms. The van der Waals surface area contributed by atoms with Crippen LogP contribution in [0.4, 0.5) is 0 Å². The standard InChI is InChI=1S/C15H18N2O/c1-10-3-4-11-8-16-14(17(11)9-10)15(2)7-12-5-6-13(15)18-12/h3-4,8-9,12-13H,5-7H2,1-2H3/t12-,13+,15-/m0/s1. The molecule has 2 fully saturated rings. The van der Waals surface area contributed by atoms with Crippen LogP contribution in [0.5, 0.6) is 0 Å². The van der Waals surface area contributed by atoms with E-state index in [9.17, 15) is 0 Å². The van der Waals surface area contributed by atoms with E-state index in [4.69, 9.17) is 9.72 Å². The molecule has 0 unspecified atom stereocenters. The Morgan fingerprint density at radius 1 is 1.39 bits per heavy atom. The van der Waals surface area contributed by atoms with E-state index in [1.807, 2.05) is 6.20 Å². The molecule has 4 heterocycles. The lowest BCUT2D eigenvalue weighted by Gasteiger charge is -2.30. The lowest BCUT2D eigenvalue weighted by molar-refractivity contribution is 0.0859. The first-order valence-electron chi connectivity index (χ1n) is 6.76. The van der Waals surface area contributed by atoms with Gasteiger partial charge in [-0.3, -0.25) is 0 Å². The largest absolute Gasteiger partial charge is 0.374 e. The first-order chi connectivity index (χ1) is 8.67. The number of aryl methyl sites for hydroxylation is 1. The highest BCUT2D eigenvalue weighted by Gasteiger charge is 2.52. The Bertz CT molecular complexity index is 618. The zero-order chi connectivity index (χ0) is 12.3. The van der Waals surface area contributed by atoms with Gasteiger partial charge in [0.15, 0.2) is 0 Å². The van der Waals surface area contributed by atoms with Gasteiger partial charge in [-0.2, -0.15) is 0 Å². The lowest BCUT2D eigenvalue weighted by atomic mass is 9.75. The maximum atomic E-state index is 6.04. The Labute approximate surface area is 107 Å². The lowest BCUT2D eigenvalue weighted by Crippen LogP contribution is -2.35. The molecule has 2 aromatic heterocycles. The molecule has 3 atom stereocenters. The zero-order valence-corrected chi connectivity index (χ0v) is 10.9. The number of rotatable bonds is 1. The molecule has 0 spiro atoms. The zero-order valence-electron chi connectivity index (χ0n) is 10.9. The monoisotopic (exact) mass is 242 g/mol. The van der Waals surface area contributed by atoms with Crippen LogP contribution in [0.15, 0.2) is 24.5 Å². The Hall–Kier alpha value is -1.35. The first-order valence-corrected chi connectivity index (χ1v) is 6.76. The van der Waals surface area contributed by atoms with Crippen molar-refractivity contribution in [3.63, 3.8) is 0 Å². The number of aromatic nitrogens is 2. The summed E-state index contributed by atoms with van der Waals surface area (Å²) in [7, 11) is 0. The minimum Gasteiger partial charge on any atom is -0.374 e. The number of imidazole rings is 1. The van der Waals surface area contributed by atoms with Gasteiger partial charge in [-0.1, -0.05) is 6.07 Å². The van der Waals surface area contributed by atoms with Crippen molar-refractivity contribution in [3.8, 4) is 0 Å². The van der Waals surface area contributed by atoms with Crippen molar-refractivity contribution in [2.75, 3.05) is 0 Å². The van der Waals surface area contributed by atoms with Crippen LogP contribution in [0.3, 0.4) is 0 Å². The molecule has 3 nitrogen and oxygen atoms in total. The summed E-state index contributed by atoms with van der Waals surface area (Å²) in [4.78, 5) is 4.69. The van der Waals surface area contributed by atoms with Crippen molar-refractivity contribution >= 4 is 5.52 Å². The van der Waals surface area contributed by atoms with Crippen LogP contribution in [0, 0.1) is 6.92 Å². The van der Waals surface area contributed by atoms with Crippen molar-refractivity contribution in [1.82, 2.24) is 9.38 Å². The third kappa shape index (κ3) is 1.25. The first kappa shape index (κ1) is 10.6. The predicted molar refractivity (Wildman–Crippen MR) is 69.8 cm³/mol. The van der Waals surface area contributed by atoms with Gasteiger partial charge >= 0.3 is 0 Å². The SMILES string of the molecule is Cc1ccc2cnc([C@@]3(C)C[C@@H]4CC[C@H]3O4)n2c1. The van der Waals surface area contributed by atoms with Gasteiger partial charge in [0.25, 0.3) is 0 Å². The number of ether oxygens (including phenoxy) is 1. The highest BCUT2D eigenvalue weighted by atomic mass is 16.5. The topological polar surface area (TPSA) is 26.5 Å². The van der Waals surface area contributed by atoms with Gasteiger partial charge in [0.05, 0.1) is 29.3 Å². The second-order valence-corrected chi connectivity index (χ2v) is 6.03. The third-order valence-corrected chi connectivity index (χ3v) is 4.66. The van der Waals surface area contributed by atoms with Crippen LogP contribution in [0.25, 0.3) is 5.52 Å². The molecule has 0 aliphatic carbocycles. The highest BCUT2D eigenvalue weighted by molar-refractivity contribution is 5.48. The molecular formula is C15H18N2O. The summed E-state index contributed by atoms with van der Waals surface area (Å²) < 4.78 is 8.29.